The zero-order chi connectivity index (χ0) is 17.5. The highest BCUT2D eigenvalue weighted by Gasteiger charge is 2.38. The third-order valence-corrected chi connectivity index (χ3v) is 3.84. The number of fused-ring (bicyclic) bond motifs is 1. The number of aromatic nitrogens is 1. The fourth-order valence-electron chi connectivity index (χ4n) is 2.25. The molecule has 4 nitrogen and oxygen atoms in total. The molecule has 3 rings (SSSR count). The van der Waals surface area contributed by atoms with E-state index in [-0.39, 0.29) is 22.7 Å². The van der Waals surface area contributed by atoms with Crippen LogP contribution >= 0.6 is 11.6 Å². The number of Topliss-reactive ketones (excluding diaryl/α,β-unsaturated/α-hetero) is 2. The van der Waals surface area contributed by atoms with E-state index in [0.29, 0.717) is 0 Å². The smallest absolute Gasteiger partial charge is 0.290 e. The van der Waals surface area contributed by atoms with E-state index in [0.717, 1.165) is 24.3 Å². The number of nitrogens with zero attached hydrogens (tertiary/aromatic N) is 2. The molecule has 0 aliphatic heterocycles. The van der Waals surface area contributed by atoms with E-state index in [1.54, 1.807) is 0 Å². The minimum atomic E-state index is -4.47. The van der Waals surface area contributed by atoms with E-state index in [2.05, 4.69) is 9.98 Å². The number of pyridine rings is 1. The number of rotatable bonds is 1. The van der Waals surface area contributed by atoms with Gasteiger partial charge in [0.2, 0.25) is 11.6 Å². The number of carbonyl (C=O) groups is 2. The maximum Gasteiger partial charge on any atom is 0.416 e. The molecule has 0 fully saturated rings. The zero-order valence-electron chi connectivity index (χ0n) is 11.8. The maximum absolute atomic E-state index is 12.6. The Balaban J connectivity index is 2.01. The average Bonchev–Trinajstić information content (AvgIpc) is 2.56. The van der Waals surface area contributed by atoms with Gasteiger partial charge in [0.05, 0.1) is 16.8 Å². The second-order valence-electron chi connectivity index (χ2n) is 5.00. The van der Waals surface area contributed by atoms with Crippen LogP contribution in [-0.4, -0.2) is 27.6 Å². The molecule has 1 aliphatic rings. The molecule has 2 aromatic rings. The molecule has 0 amide bonds. The Morgan fingerprint density at radius 2 is 1.75 bits per heavy atom. The average molecular weight is 353 g/mol. The Bertz CT molecular complexity index is 860. The summed E-state index contributed by atoms with van der Waals surface area (Å²) >= 11 is 5.99. The SMILES string of the molecule is O=C1C(=Nc2ccc(C(F)(F)F)cc2)C(Cl)C(=O)c2ncccc21. The van der Waals surface area contributed by atoms with Gasteiger partial charge in [-0.1, -0.05) is 0 Å². The van der Waals surface area contributed by atoms with Crippen LogP contribution in [0.4, 0.5) is 18.9 Å². The van der Waals surface area contributed by atoms with Crippen LogP contribution in [0.25, 0.3) is 0 Å². The second-order valence-corrected chi connectivity index (χ2v) is 5.43. The molecule has 1 aromatic carbocycles. The Morgan fingerprint density at radius 3 is 2.38 bits per heavy atom. The zero-order valence-corrected chi connectivity index (χ0v) is 12.6. The molecule has 0 spiro atoms. The molecule has 1 aromatic heterocycles. The lowest BCUT2D eigenvalue weighted by atomic mass is 9.91. The third kappa shape index (κ3) is 2.82. The van der Waals surface area contributed by atoms with Crippen LogP contribution in [0.3, 0.4) is 0 Å². The summed E-state index contributed by atoms with van der Waals surface area (Å²) in [7, 11) is 0. The Morgan fingerprint density at radius 1 is 1.08 bits per heavy atom. The molecule has 122 valence electrons. The van der Waals surface area contributed by atoms with Gasteiger partial charge in [-0.2, -0.15) is 13.2 Å². The molecule has 0 saturated carbocycles. The Hall–Kier alpha value is -2.54. The van der Waals surface area contributed by atoms with Crippen molar-refractivity contribution < 1.29 is 22.8 Å². The molecule has 1 aliphatic carbocycles. The first-order chi connectivity index (χ1) is 11.3. The number of carbonyl (C=O) groups excluding carboxylic acids is 2. The highest BCUT2D eigenvalue weighted by Crippen LogP contribution is 2.31. The van der Waals surface area contributed by atoms with Crippen LogP contribution in [0.15, 0.2) is 47.6 Å². The molecular weight excluding hydrogens is 345 g/mol. The van der Waals surface area contributed by atoms with Gasteiger partial charge in [0.25, 0.3) is 0 Å². The molecule has 24 heavy (non-hydrogen) atoms. The Labute approximate surface area is 139 Å². The van der Waals surface area contributed by atoms with Crippen molar-refractivity contribution in [1.29, 1.82) is 0 Å². The quantitative estimate of drug-likeness (QED) is 0.732. The predicted octanol–water partition coefficient (Wildman–Crippen LogP) is 3.86. The minimum absolute atomic E-state index is 0.0335. The van der Waals surface area contributed by atoms with Gasteiger partial charge in [0.1, 0.15) is 16.8 Å². The van der Waals surface area contributed by atoms with Crippen molar-refractivity contribution in [2.45, 2.75) is 11.6 Å². The van der Waals surface area contributed by atoms with Crippen LogP contribution < -0.4 is 0 Å². The van der Waals surface area contributed by atoms with Crippen molar-refractivity contribution in [3.8, 4) is 0 Å². The summed E-state index contributed by atoms with van der Waals surface area (Å²) in [5.41, 5.74) is -0.938. The van der Waals surface area contributed by atoms with Crippen molar-refractivity contribution in [2.24, 2.45) is 4.99 Å². The number of ketones is 2. The van der Waals surface area contributed by atoms with E-state index in [1.165, 1.54) is 18.3 Å². The molecule has 0 N–H and O–H groups in total. The van der Waals surface area contributed by atoms with E-state index in [1.807, 2.05) is 0 Å². The van der Waals surface area contributed by atoms with Gasteiger partial charge < -0.3 is 0 Å². The van der Waals surface area contributed by atoms with Gasteiger partial charge in [0.15, 0.2) is 0 Å². The molecule has 0 radical (unpaired) electrons. The van der Waals surface area contributed by atoms with Gasteiger partial charge in [-0.25, -0.2) is 4.99 Å². The summed E-state index contributed by atoms with van der Waals surface area (Å²) in [6.07, 6.45) is -3.10. The van der Waals surface area contributed by atoms with Crippen molar-refractivity contribution in [2.75, 3.05) is 0 Å². The fourth-order valence-corrected chi connectivity index (χ4v) is 2.50. The summed E-state index contributed by atoms with van der Waals surface area (Å²) in [5, 5.41) is -1.33. The number of hydrogen-bond acceptors (Lipinski definition) is 4. The molecular formula is C16H8ClF3N2O2. The van der Waals surface area contributed by atoms with E-state index >= 15 is 0 Å². The maximum atomic E-state index is 12.6. The summed E-state index contributed by atoms with van der Waals surface area (Å²) in [4.78, 5) is 32.4. The van der Waals surface area contributed by atoms with Crippen LogP contribution in [0.5, 0.6) is 0 Å². The molecule has 1 unspecified atom stereocenters. The normalized spacial score (nSPS) is 19.5. The van der Waals surface area contributed by atoms with Gasteiger partial charge in [0, 0.05) is 6.20 Å². The number of benzene rings is 1. The lowest BCUT2D eigenvalue weighted by molar-refractivity contribution is -0.137. The van der Waals surface area contributed by atoms with Gasteiger partial charge >= 0.3 is 6.18 Å². The Kier molecular flexibility index (Phi) is 3.96. The lowest BCUT2D eigenvalue weighted by Gasteiger charge is -2.18. The lowest BCUT2D eigenvalue weighted by Crippen LogP contribution is -2.38. The molecule has 0 saturated heterocycles. The first kappa shape index (κ1) is 16.3. The highest BCUT2D eigenvalue weighted by molar-refractivity contribution is 6.64. The van der Waals surface area contributed by atoms with Crippen molar-refractivity contribution in [1.82, 2.24) is 4.98 Å². The molecule has 1 heterocycles. The van der Waals surface area contributed by atoms with Crippen molar-refractivity contribution in [3.05, 3.63) is 59.4 Å². The number of aliphatic imine (C=N–C) groups is 1. The van der Waals surface area contributed by atoms with Crippen LogP contribution in [0.2, 0.25) is 0 Å². The van der Waals surface area contributed by atoms with Crippen molar-refractivity contribution >= 4 is 34.6 Å². The number of hydrogen-bond donors (Lipinski definition) is 0. The molecule has 0 bridgehead atoms. The predicted molar refractivity (Wildman–Crippen MR) is 81.1 cm³/mol. The van der Waals surface area contributed by atoms with Crippen molar-refractivity contribution in [3.63, 3.8) is 0 Å². The number of alkyl halides is 4. The van der Waals surface area contributed by atoms with Crippen LogP contribution in [0.1, 0.15) is 26.4 Å². The number of halogens is 4. The van der Waals surface area contributed by atoms with Crippen LogP contribution in [-0.2, 0) is 6.18 Å². The van der Waals surface area contributed by atoms with Gasteiger partial charge in [-0.05, 0) is 36.4 Å². The summed E-state index contributed by atoms with van der Waals surface area (Å²) in [6.45, 7) is 0. The molecule has 8 heteroatoms. The summed E-state index contributed by atoms with van der Waals surface area (Å²) in [5.74, 6) is -1.14. The standard InChI is InChI=1S/C16H8ClF3N2O2/c17-11-13(14(23)10-2-1-7-21-12(10)15(11)24)22-9-5-3-8(4-6-9)16(18,19)20/h1-7,11H. The minimum Gasteiger partial charge on any atom is -0.290 e. The molecule has 1 atom stereocenters. The second kappa shape index (κ2) is 5.83. The van der Waals surface area contributed by atoms with Gasteiger partial charge in [-0.15, -0.1) is 11.6 Å². The third-order valence-electron chi connectivity index (χ3n) is 3.43. The van der Waals surface area contributed by atoms with Crippen LogP contribution in [0, 0.1) is 0 Å². The topological polar surface area (TPSA) is 59.4 Å². The van der Waals surface area contributed by atoms with E-state index in [9.17, 15) is 22.8 Å². The first-order valence-corrected chi connectivity index (χ1v) is 7.16. The summed E-state index contributed by atoms with van der Waals surface area (Å²) in [6, 6.07) is 6.81. The largest absolute Gasteiger partial charge is 0.416 e. The first-order valence-electron chi connectivity index (χ1n) is 6.73. The van der Waals surface area contributed by atoms with Gasteiger partial charge in [-0.3, -0.25) is 14.6 Å². The fraction of sp³-hybridized carbons (Fsp3) is 0.125. The van der Waals surface area contributed by atoms with E-state index in [4.69, 9.17) is 11.6 Å². The van der Waals surface area contributed by atoms with E-state index < -0.39 is 28.7 Å². The monoisotopic (exact) mass is 352 g/mol. The highest BCUT2D eigenvalue weighted by atomic mass is 35.5. The summed E-state index contributed by atoms with van der Waals surface area (Å²) < 4.78 is 37.7.